The topological polar surface area (TPSA) is 76.1 Å². The lowest BCUT2D eigenvalue weighted by Gasteiger charge is -2.16. The van der Waals surface area contributed by atoms with Gasteiger partial charge in [0.25, 0.3) is 5.91 Å². The molecule has 6 heteroatoms. The fraction of sp³-hybridized carbons (Fsp3) is 0.200. The zero-order chi connectivity index (χ0) is 18.9. The number of nitrogens with one attached hydrogen (secondary N) is 1. The second-order valence-corrected chi connectivity index (χ2v) is 8.38. The van der Waals surface area contributed by atoms with Gasteiger partial charge >= 0.3 is 0 Å². The Hall–Kier alpha value is -2.73. The number of fused-ring (bicyclic) bond motifs is 1. The average Bonchev–Trinajstić information content (AvgIpc) is 2.60. The Balaban J connectivity index is 1.86. The van der Waals surface area contributed by atoms with Crippen LogP contribution in [-0.4, -0.2) is 25.6 Å². The van der Waals surface area contributed by atoms with E-state index in [2.05, 4.69) is 10.3 Å². The highest BCUT2D eigenvalue weighted by Crippen LogP contribution is 2.21. The van der Waals surface area contributed by atoms with Crippen molar-refractivity contribution < 1.29 is 13.2 Å². The predicted molar refractivity (Wildman–Crippen MR) is 102 cm³/mol. The van der Waals surface area contributed by atoms with E-state index < -0.39 is 9.84 Å². The van der Waals surface area contributed by atoms with Crippen molar-refractivity contribution in [2.45, 2.75) is 24.8 Å². The quantitative estimate of drug-likeness (QED) is 0.765. The smallest absolute Gasteiger partial charge is 0.252 e. The summed E-state index contributed by atoms with van der Waals surface area (Å²) in [5, 5.41) is 3.78. The number of carbonyl (C=O) groups excluding carboxylic acids is 1. The molecule has 0 saturated heterocycles. The van der Waals surface area contributed by atoms with Crippen molar-refractivity contribution in [3.8, 4) is 0 Å². The third-order valence-corrected chi connectivity index (χ3v) is 5.37. The summed E-state index contributed by atoms with van der Waals surface area (Å²) >= 11 is 0. The predicted octanol–water partition coefficient (Wildman–Crippen LogP) is 3.44. The SMILES string of the molecule is Cc1cc(C(=O)NC(C)c2ccc(S(C)(=O)=O)cc2)c2ccccc2n1. The summed E-state index contributed by atoms with van der Waals surface area (Å²) in [7, 11) is -3.23. The fourth-order valence-corrected chi connectivity index (χ4v) is 3.49. The number of hydrogen-bond acceptors (Lipinski definition) is 4. The number of para-hydroxylation sites is 1. The van der Waals surface area contributed by atoms with Gasteiger partial charge in [-0.15, -0.1) is 0 Å². The first-order chi connectivity index (χ1) is 12.3. The summed E-state index contributed by atoms with van der Waals surface area (Å²) in [5.41, 5.74) is 2.97. The molecule has 3 rings (SSSR count). The third kappa shape index (κ3) is 3.75. The summed E-state index contributed by atoms with van der Waals surface area (Å²) in [5.74, 6) is -0.189. The van der Waals surface area contributed by atoms with Crippen molar-refractivity contribution in [1.29, 1.82) is 0 Å². The third-order valence-electron chi connectivity index (χ3n) is 4.24. The van der Waals surface area contributed by atoms with Gasteiger partial charge in [-0.05, 0) is 43.7 Å². The maximum atomic E-state index is 12.8. The zero-order valence-electron chi connectivity index (χ0n) is 14.9. The van der Waals surface area contributed by atoms with Crippen LogP contribution in [0.1, 0.15) is 34.6 Å². The largest absolute Gasteiger partial charge is 0.345 e. The van der Waals surface area contributed by atoms with E-state index in [4.69, 9.17) is 0 Å². The Morgan fingerprint density at radius 1 is 1.08 bits per heavy atom. The Labute approximate surface area is 153 Å². The molecule has 26 heavy (non-hydrogen) atoms. The second-order valence-electron chi connectivity index (χ2n) is 6.36. The van der Waals surface area contributed by atoms with Gasteiger partial charge < -0.3 is 5.32 Å². The van der Waals surface area contributed by atoms with Crippen molar-refractivity contribution in [1.82, 2.24) is 10.3 Å². The van der Waals surface area contributed by atoms with Gasteiger partial charge in [-0.25, -0.2) is 8.42 Å². The number of carbonyl (C=O) groups is 1. The molecule has 1 N–H and O–H groups in total. The second kappa shape index (κ2) is 6.88. The number of sulfone groups is 1. The maximum Gasteiger partial charge on any atom is 0.252 e. The molecule has 1 heterocycles. The van der Waals surface area contributed by atoms with Gasteiger partial charge in [0.15, 0.2) is 9.84 Å². The monoisotopic (exact) mass is 368 g/mol. The van der Waals surface area contributed by atoms with Crippen LogP contribution in [0.15, 0.2) is 59.5 Å². The standard InChI is InChI=1S/C20H20N2O3S/c1-13-12-18(17-6-4-5-7-19(17)21-13)20(23)22-14(2)15-8-10-16(11-9-15)26(3,24)25/h4-12,14H,1-3H3,(H,22,23). The number of nitrogens with zero attached hydrogens (tertiary/aromatic N) is 1. The highest BCUT2D eigenvalue weighted by atomic mass is 32.2. The van der Waals surface area contributed by atoms with Crippen LogP contribution in [0.5, 0.6) is 0 Å². The highest BCUT2D eigenvalue weighted by Gasteiger charge is 2.16. The van der Waals surface area contributed by atoms with Crippen LogP contribution in [0, 0.1) is 6.92 Å². The molecule has 5 nitrogen and oxygen atoms in total. The number of benzene rings is 2. The van der Waals surface area contributed by atoms with E-state index in [1.165, 1.54) is 6.26 Å². The molecule has 1 amide bonds. The number of pyridine rings is 1. The molecule has 0 radical (unpaired) electrons. The van der Waals surface area contributed by atoms with Crippen LogP contribution in [0.25, 0.3) is 10.9 Å². The lowest BCUT2D eigenvalue weighted by molar-refractivity contribution is 0.0941. The summed E-state index contributed by atoms with van der Waals surface area (Å²) in [6, 6.07) is 15.6. The normalized spacial score (nSPS) is 12.7. The average molecular weight is 368 g/mol. The van der Waals surface area contributed by atoms with Crippen LogP contribution < -0.4 is 5.32 Å². The zero-order valence-corrected chi connectivity index (χ0v) is 15.7. The van der Waals surface area contributed by atoms with Crippen molar-refractivity contribution in [2.75, 3.05) is 6.26 Å². The molecule has 2 aromatic carbocycles. The van der Waals surface area contributed by atoms with Crippen molar-refractivity contribution in [2.24, 2.45) is 0 Å². The first-order valence-electron chi connectivity index (χ1n) is 8.23. The minimum Gasteiger partial charge on any atom is -0.345 e. The highest BCUT2D eigenvalue weighted by molar-refractivity contribution is 7.90. The summed E-state index contributed by atoms with van der Waals surface area (Å²) in [4.78, 5) is 17.5. The minimum atomic E-state index is -3.23. The molecule has 0 bridgehead atoms. The van der Waals surface area contributed by atoms with E-state index in [1.54, 1.807) is 30.3 Å². The van der Waals surface area contributed by atoms with Gasteiger partial charge in [-0.3, -0.25) is 9.78 Å². The molecule has 0 aliphatic rings. The van der Waals surface area contributed by atoms with Crippen molar-refractivity contribution >= 4 is 26.6 Å². The number of hydrogen-bond donors (Lipinski definition) is 1. The summed E-state index contributed by atoms with van der Waals surface area (Å²) in [6.07, 6.45) is 1.17. The minimum absolute atomic E-state index is 0.189. The van der Waals surface area contributed by atoms with Crippen LogP contribution in [0.2, 0.25) is 0 Å². The molecular formula is C20H20N2O3S. The molecule has 1 aromatic heterocycles. The molecular weight excluding hydrogens is 348 g/mol. The van der Waals surface area contributed by atoms with Crippen LogP contribution in [-0.2, 0) is 9.84 Å². The molecule has 0 aliphatic carbocycles. The van der Waals surface area contributed by atoms with Gasteiger partial charge in [0.05, 0.1) is 22.0 Å². The molecule has 1 atom stereocenters. The number of aryl methyl sites for hydroxylation is 1. The summed E-state index contributed by atoms with van der Waals surface area (Å²) < 4.78 is 23.1. The fourth-order valence-electron chi connectivity index (χ4n) is 2.86. The Morgan fingerprint density at radius 2 is 1.73 bits per heavy atom. The molecule has 1 unspecified atom stereocenters. The van der Waals surface area contributed by atoms with Gasteiger partial charge in [0.1, 0.15) is 0 Å². The van der Waals surface area contributed by atoms with E-state index in [9.17, 15) is 13.2 Å². The Kier molecular flexibility index (Phi) is 4.78. The molecule has 0 spiro atoms. The van der Waals surface area contributed by atoms with Gasteiger partial charge in [0.2, 0.25) is 0 Å². The maximum absolute atomic E-state index is 12.8. The van der Waals surface area contributed by atoms with Crippen LogP contribution in [0.4, 0.5) is 0 Å². The lowest BCUT2D eigenvalue weighted by atomic mass is 10.0. The van der Waals surface area contributed by atoms with E-state index in [1.807, 2.05) is 38.1 Å². The van der Waals surface area contributed by atoms with E-state index in [-0.39, 0.29) is 16.8 Å². The number of amides is 1. The van der Waals surface area contributed by atoms with E-state index in [0.29, 0.717) is 5.56 Å². The van der Waals surface area contributed by atoms with E-state index in [0.717, 1.165) is 22.2 Å². The van der Waals surface area contributed by atoms with Gasteiger partial charge in [-0.1, -0.05) is 30.3 Å². The Morgan fingerprint density at radius 3 is 2.38 bits per heavy atom. The molecule has 0 saturated carbocycles. The molecule has 3 aromatic rings. The van der Waals surface area contributed by atoms with Crippen molar-refractivity contribution in [3.63, 3.8) is 0 Å². The summed E-state index contributed by atoms with van der Waals surface area (Å²) in [6.45, 7) is 3.72. The first-order valence-corrected chi connectivity index (χ1v) is 10.1. The molecule has 134 valence electrons. The number of rotatable bonds is 4. The van der Waals surface area contributed by atoms with Gasteiger partial charge in [0, 0.05) is 17.3 Å². The lowest BCUT2D eigenvalue weighted by Crippen LogP contribution is -2.27. The Bertz CT molecular complexity index is 1070. The van der Waals surface area contributed by atoms with Crippen LogP contribution >= 0.6 is 0 Å². The van der Waals surface area contributed by atoms with Crippen molar-refractivity contribution in [3.05, 3.63) is 71.4 Å². The van der Waals surface area contributed by atoms with E-state index >= 15 is 0 Å². The molecule has 0 fully saturated rings. The molecule has 0 aliphatic heterocycles. The van der Waals surface area contributed by atoms with Crippen LogP contribution in [0.3, 0.4) is 0 Å². The number of aromatic nitrogens is 1. The first kappa shape index (κ1) is 18.1. The van der Waals surface area contributed by atoms with Gasteiger partial charge in [-0.2, -0.15) is 0 Å².